The third kappa shape index (κ3) is 3.11. The van der Waals surface area contributed by atoms with Gasteiger partial charge in [0.1, 0.15) is 0 Å². The highest BCUT2D eigenvalue weighted by Gasteiger charge is 2.11. The molecular weight excluding hydrogens is 156 g/mol. The lowest BCUT2D eigenvalue weighted by molar-refractivity contribution is 0.612. The van der Waals surface area contributed by atoms with Gasteiger partial charge in [0.15, 0.2) is 0 Å². The molecule has 1 rings (SSSR count). The summed E-state index contributed by atoms with van der Waals surface area (Å²) in [6.45, 7) is 4.38. The fourth-order valence-electron chi connectivity index (χ4n) is 1.15. The van der Waals surface area contributed by atoms with Gasteiger partial charge in [-0.3, -0.25) is 0 Å². The van der Waals surface area contributed by atoms with Crippen molar-refractivity contribution in [1.82, 2.24) is 0 Å². The topological polar surface area (TPSA) is 0 Å². The van der Waals surface area contributed by atoms with Gasteiger partial charge in [-0.15, -0.1) is 11.6 Å². The summed E-state index contributed by atoms with van der Waals surface area (Å²) in [4.78, 5) is 0. The van der Waals surface area contributed by atoms with Crippen molar-refractivity contribution in [1.29, 1.82) is 0 Å². The number of alkyl halides is 1. The van der Waals surface area contributed by atoms with Crippen LogP contribution in [0.5, 0.6) is 0 Å². The molecule has 0 amide bonds. The minimum Gasteiger partial charge on any atom is -0.118 e. The molecule has 0 nitrogen and oxygen atoms in total. The molecule has 11 heavy (non-hydrogen) atoms. The van der Waals surface area contributed by atoms with Crippen LogP contribution in [-0.4, -0.2) is 5.38 Å². The van der Waals surface area contributed by atoms with Gasteiger partial charge in [0, 0.05) is 5.41 Å². The lowest BCUT2D eigenvalue weighted by atomic mass is 9.90. The molecule has 0 heterocycles. The van der Waals surface area contributed by atoms with E-state index in [9.17, 15) is 0 Å². The second-order valence-electron chi connectivity index (χ2n) is 3.68. The average molecular weight is 171 g/mol. The molecule has 1 aliphatic rings. The predicted molar refractivity (Wildman–Crippen MR) is 50.9 cm³/mol. The van der Waals surface area contributed by atoms with Crippen LogP contribution in [0.15, 0.2) is 24.3 Å². The van der Waals surface area contributed by atoms with E-state index < -0.39 is 0 Å². The second-order valence-corrected chi connectivity index (χ2v) is 4.24. The maximum atomic E-state index is 6.00. The first-order valence-electron chi connectivity index (χ1n) is 4.11. The first kappa shape index (κ1) is 8.86. The Morgan fingerprint density at radius 1 is 1.36 bits per heavy atom. The normalized spacial score (nSPS) is 35.4. The van der Waals surface area contributed by atoms with Gasteiger partial charge >= 0.3 is 0 Å². The molecule has 0 aromatic rings. The quantitative estimate of drug-likeness (QED) is 0.386. The van der Waals surface area contributed by atoms with Crippen molar-refractivity contribution in [3.05, 3.63) is 24.3 Å². The van der Waals surface area contributed by atoms with Crippen molar-refractivity contribution < 1.29 is 0 Å². The Morgan fingerprint density at radius 2 is 2.09 bits per heavy atom. The molecule has 0 radical (unpaired) electrons. The minimum absolute atomic E-state index is 0.188. The maximum Gasteiger partial charge on any atom is 0.0519 e. The zero-order valence-electron chi connectivity index (χ0n) is 7.18. The van der Waals surface area contributed by atoms with Gasteiger partial charge in [-0.2, -0.15) is 0 Å². The fraction of sp³-hybridized carbons (Fsp3) is 0.600. The molecule has 0 aromatic heterocycles. The van der Waals surface area contributed by atoms with Crippen molar-refractivity contribution >= 4 is 11.6 Å². The Morgan fingerprint density at radius 3 is 2.82 bits per heavy atom. The summed E-state index contributed by atoms with van der Waals surface area (Å²) in [5.74, 6) is 0. The summed E-state index contributed by atoms with van der Waals surface area (Å²) in [6.07, 6.45) is 10.9. The summed E-state index contributed by atoms with van der Waals surface area (Å²) in [5.41, 5.74) is 0.188. The van der Waals surface area contributed by atoms with Gasteiger partial charge < -0.3 is 0 Å². The molecule has 0 aromatic carbocycles. The third-order valence-electron chi connectivity index (χ3n) is 1.89. The Labute approximate surface area is 73.9 Å². The van der Waals surface area contributed by atoms with E-state index in [0.717, 1.165) is 12.8 Å². The predicted octanol–water partition coefficient (Wildman–Crippen LogP) is 3.53. The van der Waals surface area contributed by atoms with Crippen LogP contribution in [0.1, 0.15) is 26.7 Å². The summed E-state index contributed by atoms with van der Waals surface area (Å²) in [7, 11) is 0. The molecule has 0 bridgehead atoms. The molecule has 0 saturated carbocycles. The Hall–Kier alpha value is -0.230. The van der Waals surface area contributed by atoms with Crippen molar-refractivity contribution in [3.8, 4) is 0 Å². The molecule has 1 unspecified atom stereocenters. The van der Waals surface area contributed by atoms with Crippen LogP contribution in [0.3, 0.4) is 0 Å². The van der Waals surface area contributed by atoms with Crippen molar-refractivity contribution in [2.24, 2.45) is 5.41 Å². The van der Waals surface area contributed by atoms with Gasteiger partial charge in [-0.05, 0) is 12.8 Å². The van der Waals surface area contributed by atoms with Crippen LogP contribution in [0.2, 0.25) is 0 Å². The standard InChI is InChI=1S/C10H15Cl/c1-10(2)7-4-3-5-9(11)6-8-10/h4,6-9H,3,5H2,1-2H3/b7-4-,8-6-. The molecule has 0 fully saturated rings. The van der Waals surface area contributed by atoms with Crippen LogP contribution >= 0.6 is 11.6 Å². The Balaban J connectivity index is 2.69. The minimum atomic E-state index is 0.188. The summed E-state index contributed by atoms with van der Waals surface area (Å²) in [5, 5.41) is 0.222. The molecule has 1 aliphatic carbocycles. The van der Waals surface area contributed by atoms with E-state index in [1.807, 2.05) is 0 Å². The summed E-state index contributed by atoms with van der Waals surface area (Å²) >= 11 is 6.00. The number of rotatable bonds is 0. The van der Waals surface area contributed by atoms with Crippen LogP contribution < -0.4 is 0 Å². The molecule has 0 spiro atoms. The van der Waals surface area contributed by atoms with Crippen LogP contribution in [-0.2, 0) is 0 Å². The monoisotopic (exact) mass is 170 g/mol. The molecule has 1 atom stereocenters. The maximum absolute atomic E-state index is 6.00. The largest absolute Gasteiger partial charge is 0.118 e. The van der Waals surface area contributed by atoms with E-state index >= 15 is 0 Å². The average Bonchev–Trinajstić information content (AvgIpc) is 1.92. The third-order valence-corrected chi connectivity index (χ3v) is 2.25. The first-order chi connectivity index (χ1) is 5.10. The van der Waals surface area contributed by atoms with E-state index in [4.69, 9.17) is 11.6 Å². The van der Waals surface area contributed by atoms with E-state index in [2.05, 4.69) is 38.2 Å². The number of hydrogen-bond acceptors (Lipinski definition) is 0. The smallest absolute Gasteiger partial charge is 0.0519 e. The van der Waals surface area contributed by atoms with Gasteiger partial charge in [0.25, 0.3) is 0 Å². The van der Waals surface area contributed by atoms with Crippen molar-refractivity contribution in [3.63, 3.8) is 0 Å². The molecule has 1 heteroatoms. The van der Waals surface area contributed by atoms with Gasteiger partial charge in [-0.1, -0.05) is 38.2 Å². The first-order valence-corrected chi connectivity index (χ1v) is 4.55. The fourth-order valence-corrected chi connectivity index (χ4v) is 1.35. The molecule has 0 N–H and O–H groups in total. The van der Waals surface area contributed by atoms with E-state index in [1.54, 1.807) is 0 Å². The van der Waals surface area contributed by atoms with Gasteiger partial charge in [-0.25, -0.2) is 0 Å². The highest BCUT2D eigenvalue weighted by Crippen LogP contribution is 2.23. The van der Waals surface area contributed by atoms with Crippen LogP contribution in [0.25, 0.3) is 0 Å². The SMILES string of the molecule is CC1(C)/C=C\CCC(Cl)/C=C\1. The van der Waals surface area contributed by atoms with E-state index in [-0.39, 0.29) is 10.8 Å². The van der Waals surface area contributed by atoms with Gasteiger partial charge in [0.2, 0.25) is 0 Å². The second kappa shape index (κ2) is 3.44. The van der Waals surface area contributed by atoms with Gasteiger partial charge in [0.05, 0.1) is 5.38 Å². The zero-order valence-corrected chi connectivity index (χ0v) is 7.93. The molecule has 62 valence electrons. The Kier molecular flexibility index (Phi) is 2.78. The lowest BCUT2D eigenvalue weighted by Gasteiger charge is -2.17. The highest BCUT2D eigenvalue weighted by atomic mass is 35.5. The van der Waals surface area contributed by atoms with Crippen LogP contribution in [0.4, 0.5) is 0 Å². The zero-order chi connectivity index (χ0) is 8.32. The molecular formula is C10H15Cl. The Bertz CT molecular complexity index is 177. The molecule has 0 saturated heterocycles. The van der Waals surface area contributed by atoms with Crippen molar-refractivity contribution in [2.75, 3.05) is 0 Å². The number of halogens is 1. The molecule has 0 aliphatic heterocycles. The number of hydrogen-bond donors (Lipinski definition) is 0. The lowest BCUT2D eigenvalue weighted by Crippen LogP contribution is -2.06. The summed E-state index contributed by atoms with van der Waals surface area (Å²) < 4.78 is 0. The van der Waals surface area contributed by atoms with E-state index in [1.165, 1.54) is 0 Å². The van der Waals surface area contributed by atoms with Crippen LogP contribution in [0, 0.1) is 5.41 Å². The number of allylic oxidation sites excluding steroid dienone is 4. The van der Waals surface area contributed by atoms with Crippen molar-refractivity contribution in [2.45, 2.75) is 32.1 Å². The van der Waals surface area contributed by atoms with E-state index in [0.29, 0.717) is 0 Å². The summed E-state index contributed by atoms with van der Waals surface area (Å²) in [6, 6.07) is 0. The highest BCUT2D eigenvalue weighted by molar-refractivity contribution is 6.21.